The Morgan fingerprint density at radius 2 is 2.29 bits per heavy atom. The summed E-state index contributed by atoms with van der Waals surface area (Å²) >= 11 is 7.34. The Labute approximate surface area is 110 Å². The summed E-state index contributed by atoms with van der Waals surface area (Å²) in [5, 5.41) is 3.20. The van der Waals surface area contributed by atoms with Gasteiger partial charge in [-0.3, -0.25) is 4.79 Å². The Morgan fingerprint density at radius 3 is 2.94 bits per heavy atom. The van der Waals surface area contributed by atoms with E-state index < -0.39 is 0 Å². The number of hydrogen-bond donors (Lipinski definition) is 1. The second-order valence-corrected chi connectivity index (χ2v) is 4.97. The van der Waals surface area contributed by atoms with Gasteiger partial charge in [-0.05, 0) is 24.1 Å². The zero-order valence-corrected chi connectivity index (χ0v) is 11.2. The second kappa shape index (κ2) is 7.56. The number of amides is 1. The molecule has 0 aromatic heterocycles. The highest BCUT2D eigenvalue weighted by molar-refractivity contribution is 7.99. The zero-order valence-electron chi connectivity index (χ0n) is 9.63. The molecular formula is C12H15ClFNOS. The average molecular weight is 276 g/mol. The molecule has 0 heterocycles. The molecule has 2 nitrogen and oxygen atoms in total. The Bertz CT molecular complexity index is 387. The van der Waals surface area contributed by atoms with Crippen molar-refractivity contribution in [2.24, 2.45) is 0 Å². The monoisotopic (exact) mass is 275 g/mol. The van der Waals surface area contributed by atoms with Crippen molar-refractivity contribution in [1.29, 1.82) is 0 Å². The number of nitrogens with one attached hydrogen (secondary N) is 1. The van der Waals surface area contributed by atoms with Crippen LogP contribution in [-0.2, 0) is 10.5 Å². The second-order valence-electron chi connectivity index (χ2n) is 3.58. The van der Waals surface area contributed by atoms with E-state index in [2.05, 4.69) is 5.32 Å². The molecule has 0 aliphatic heterocycles. The maximum Gasteiger partial charge on any atom is 0.230 e. The smallest absolute Gasteiger partial charge is 0.230 e. The molecular weight excluding hydrogens is 261 g/mol. The summed E-state index contributed by atoms with van der Waals surface area (Å²) in [5.41, 5.74) is 0.848. The third-order valence-corrected chi connectivity index (χ3v) is 3.41. The third-order valence-electron chi connectivity index (χ3n) is 2.08. The lowest BCUT2D eigenvalue weighted by Crippen LogP contribution is -2.25. The van der Waals surface area contributed by atoms with Gasteiger partial charge in [0.1, 0.15) is 5.82 Å². The fraction of sp³-hybridized carbons (Fsp3) is 0.417. The van der Waals surface area contributed by atoms with Crippen molar-refractivity contribution in [3.8, 4) is 0 Å². The molecule has 17 heavy (non-hydrogen) atoms. The number of carbonyl (C=O) groups is 1. The average Bonchev–Trinajstić information content (AvgIpc) is 2.29. The lowest BCUT2D eigenvalue weighted by atomic mass is 10.2. The molecule has 1 amide bonds. The van der Waals surface area contributed by atoms with Crippen LogP contribution in [0, 0.1) is 5.82 Å². The predicted octanol–water partition coefficient (Wildman–Crippen LogP) is 3.24. The number of rotatable bonds is 6. The van der Waals surface area contributed by atoms with Crippen LogP contribution in [0.2, 0.25) is 5.02 Å². The van der Waals surface area contributed by atoms with Gasteiger partial charge in [0, 0.05) is 17.3 Å². The van der Waals surface area contributed by atoms with Gasteiger partial charge in [-0.15, -0.1) is 11.8 Å². The minimum atomic E-state index is -0.343. The van der Waals surface area contributed by atoms with Crippen LogP contribution in [-0.4, -0.2) is 18.2 Å². The van der Waals surface area contributed by atoms with E-state index in [9.17, 15) is 9.18 Å². The first-order valence-electron chi connectivity index (χ1n) is 5.42. The predicted molar refractivity (Wildman–Crippen MR) is 70.9 cm³/mol. The normalized spacial score (nSPS) is 10.3. The van der Waals surface area contributed by atoms with E-state index in [0.29, 0.717) is 23.1 Å². The standard InChI is InChI=1S/C12H15ClFNOS/c1-2-5-15-12(16)8-17-7-9-3-4-10(14)6-11(9)13/h3-4,6H,2,5,7-8H2,1H3,(H,15,16). The molecule has 0 unspecified atom stereocenters. The van der Waals surface area contributed by atoms with Crippen LogP contribution in [0.15, 0.2) is 18.2 Å². The largest absolute Gasteiger partial charge is 0.355 e. The van der Waals surface area contributed by atoms with Gasteiger partial charge in [-0.2, -0.15) is 0 Å². The molecule has 0 aliphatic carbocycles. The zero-order chi connectivity index (χ0) is 12.7. The molecule has 1 N–H and O–H groups in total. The van der Waals surface area contributed by atoms with Crippen molar-refractivity contribution in [2.45, 2.75) is 19.1 Å². The number of halogens is 2. The number of hydrogen-bond acceptors (Lipinski definition) is 2. The van der Waals surface area contributed by atoms with Gasteiger partial charge in [0.05, 0.1) is 5.75 Å². The SMILES string of the molecule is CCCNC(=O)CSCc1ccc(F)cc1Cl. The van der Waals surface area contributed by atoms with Crippen LogP contribution in [0.25, 0.3) is 0 Å². The first-order chi connectivity index (χ1) is 8.13. The van der Waals surface area contributed by atoms with E-state index in [-0.39, 0.29) is 11.7 Å². The summed E-state index contributed by atoms with van der Waals surface area (Å²) < 4.78 is 12.8. The molecule has 0 fully saturated rings. The molecule has 0 spiro atoms. The van der Waals surface area contributed by atoms with Gasteiger partial charge >= 0.3 is 0 Å². The Kier molecular flexibility index (Phi) is 6.37. The van der Waals surface area contributed by atoms with Gasteiger partial charge < -0.3 is 5.32 Å². The van der Waals surface area contributed by atoms with E-state index in [1.54, 1.807) is 6.07 Å². The molecule has 94 valence electrons. The molecule has 0 atom stereocenters. The Balaban J connectivity index is 2.33. The lowest BCUT2D eigenvalue weighted by molar-refractivity contribution is -0.118. The van der Waals surface area contributed by atoms with Crippen LogP contribution in [0.1, 0.15) is 18.9 Å². The van der Waals surface area contributed by atoms with Crippen LogP contribution in [0.4, 0.5) is 4.39 Å². The van der Waals surface area contributed by atoms with E-state index >= 15 is 0 Å². The first-order valence-corrected chi connectivity index (χ1v) is 6.95. The van der Waals surface area contributed by atoms with E-state index in [1.807, 2.05) is 6.92 Å². The first kappa shape index (κ1) is 14.3. The maximum atomic E-state index is 12.8. The van der Waals surface area contributed by atoms with E-state index in [0.717, 1.165) is 12.0 Å². The molecule has 0 aliphatic rings. The fourth-order valence-corrected chi connectivity index (χ4v) is 2.38. The molecule has 1 aromatic rings. The molecule has 5 heteroatoms. The molecule has 1 aromatic carbocycles. The van der Waals surface area contributed by atoms with Gasteiger partial charge in [-0.1, -0.05) is 24.6 Å². The quantitative estimate of drug-likeness (QED) is 0.864. The minimum absolute atomic E-state index is 0.0232. The van der Waals surface area contributed by atoms with E-state index in [4.69, 9.17) is 11.6 Å². The topological polar surface area (TPSA) is 29.1 Å². The minimum Gasteiger partial charge on any atom is -0.355 e. The lowest BCUT2D eigenvalue weighted by Gasteiger charge is -2.05. The summed E-state index contributed by atoms with van der Waals surface area (Å²) in [6.07, 6.45) is 0.931. The van der Waals surface area contributed by atoms with Crippen molar-refractivity contribution in [2.75, 3.05) is 12.3 Å². The van der Waals surface area contributed by atoms with Crippen molar-refractivity contribution in [3.05, 3.63) is 34.6 Å². The van der Waals surface area contributed by atoms with Crippen molar-refractivity contribution in [1.82, 2.24) is 5.32 Å². The number of carbonyl (C=O) groups excluding carboxylic acids is 1. The Morgan fingerprint density at radius 1 is 1.53 bits per heavy atom. The van der Waals surface area contributed by atoms with Crippen LogP contribution in [0.5, 0.6) is 0 Å². The van der Waals surface area contributed by atoms with Crippen molar-refractivity contribution in [3.63, 3.8) is 0 Å². The number of thioether (sulfide) groups is 1. The van der Waals surface area contributed by atoms with Gasteiger partial charge in [-0.25, -0.2) is 4.39 Å². The maximum absolute atomic E-state index is 12.8. The van der Waals surface area contributed by atoms with Gasteiger partial charge in [0.25, 0.3) is 0 Å². The van der Waals surface area contributed by atoms with E-state index in [1.165, 1.54) is 23.9 Å². The summed E-state index contributed by atoms with van der Waals surface area (Å²) in [7, 11) is 0. The molecule has 0 bridgehead atoms. The van der Waals surface area contributed by atoms with Crippen LogP contribution >= 0.6 is 23.4 Å². The Hall–Kier alpha value is -0.740. The summed E-state index contributed by atoms with van der Waals surface area (Å²) in [4.78, 5) is 11.3. The summed E-state index contributed by atoms with van der Waals surface area (Å²) in [6.45, 7) is 2.71. The van der Waals surface area contributed by atoms with Crippen LogP contribution in [0.3, 0.4) is 0 Å². The number of benzene rings is 1. The third kappa shape index (κ3) is 5.41. The van der Waals surface area contributed by atoms with Crippen molar-refractivity contribution >= 4 is 29.3 Å². The highest BCUT2D eigenvalue weighted by Gasteiger charge is 2.04. The summed E-state index contributed by atoms with van der Waals surface area (Å²) in [5.74, 6) is 0.686. The van der Waals surface area contributed by atoms with Gasteiger partial charge in [0.15, 0.2) is 0 Å². The molecule has 0 radical (unpaired) electrons. The summed E-state index contributed by atoms with van der Waals surface area (Å²) in [6, 6.07) is 4.31. The molecule has 0 saturated carbocycles. The van der Waals surface area contributed by atoms with Crippen molar-refractivity contribution < 1.29 is 9.18 Å². The molecule has 1 rings (SSSR count). The fourth-order valence-electron chi connectivity index (χ4n) is 1.21. The molecule has 0 saturated heterocycles. The van der Waals surface area contributed by atoms with Crippen LogP contribution < -0.4 is 5.32 Å². The highest BCUT2D eigenvalue weighted by Crippen LogP contribution is 2.21. The van der Waals surface area contributed by atoms with Gasteiger partial charge in [0.2, 0.25) is 5.91 Å². The highest BCUT2D eigenvalue weighted by atomic mass is 35.5.